The van der Waals surface area contributed by atoms with Gasteiger partial charge in [-0.05, 0) is 38.8 Å². The molecule has 0 atom stereocenters. The number of aromatic nitrogens is 2. The Hall–Kier alpha value is -1.44. The van der Waals surface area contributed by atoms with E-state index >= 15 is 0 Å². The summed E-state index contributed by atoms with van der Waals surface area (Å²) in [6.45, 7) is 5.26. The highest BCUT2D eigenvalue weighted by Crippen LogP contribution is 2.30. The van der Waals surface area contributed by atoms with Gasteiger partial charge >= 0.3 is 5.69 Å². The average Bonchev–Trinajstić information content (AvgIpc) is 2.65. The summed E-state index contributed by atoms with van der Waals surface area (Å²) in [6, 6.07) is 0. The van der Waals surface area contributed by atoms with Gasteiger partial charge in [-0.3, -0.25) is 14.3 Å². The van der Waals surface area contributed by atoms with Crippen LogP contribution in [0, 0.1) is 0 Å². The Labute approximate surface area is 148 Å². The van der Waals surface area contributed by atoms with E-state index in [4.69, 9.17) is 4.74 Å². The maximum Gasteiger partial charge on any atom is 0.330 e. The van der Waals surface area contributed by atoms with E-state index in [0.29, 0.717) is 12.1 Å². The molecule has 7 nitrogen and oxygen atoms in total. The molecule has 25 heavy (non-hydrogen) atoms. The molecule has 2 saturated heterocycles. The second kappa shape index (κ2) is 7.85. The van der Waals surface area contributed by atoms with Crippen LogP contribution < -0.4 is 16.6 Å². The van der Waals surface area contributed by atoms with Crippen LogP contribution >= 0.6 is 0 Å². The van der Waals surface area contributed by atoms with Crippen LogP contribution in [0.2, 0.25) is 0 Å². The second-order valence-electron chi connectivity index (χ2n) is 7.40. The van der Waals surface area contributed by atoms with Crippen LogP contribution in [-0.2, 0) is 25.4 Å². The van der Waals surface area contributed by atoms with Gasteiger partial charge in [0.25, 0.3) is 5.56 Å². The Morgan fingerprint density at radius 3 is 2.48 bits per heavy atom. The molecule has 2 aliphatic rings. The fraction of sp³-hybridized carbons (Fsp3) is 0.778. The number of likely N-dealkylation sites (tertiary alicyclic amines) is 1. The Morgan fingerprint density at radius 2 is 1.80 bits per heavy atom. The molecule has 0 radical (unpaired) electrons. The van der Waals surface area contributed by atoms with E-state index in [-0.39, 0.29) is 16.8 Å². The predicted octanol–water partition coefficient (Wildman–Crippen LogP) is 0.209. The first-order valence-corrected chi connectivity index (χ1v) is 9.33. The third-order valence-electron chi connectivity index (χ3n) is 5.74. The smallest absolute Gasteiger partial charge is 0.330 e. The zero-order chi connectivity index (χ0) is 17.9. The monoisotopic (exact) mass is 350 g/mol. The summed E-state index contributed by atoms with van der Waals surface area (Å²) in [6.07, 6.45) is 7.57. The number of nitrogens with zero attached hydrogens (tertiary/aromatic N) is 3. The third kappa shape index (κ3) is 3.88. The van der Waals surface area contributed by atoms with Crippen LogP contribution in [0.15, 0.2) is 15.8 Å². The first-order valence-electron chi connectivity index (χ1n) is 9.33. The van der Waals surface area contributed by atoms with Gasteiger partial charge in [-0.1, -0.05) is 6.42 Å². The SMILES string of the molecule is Cn1cc(CNCC2(N3CCCCC3)CCOCC2)c(=O)n(C)c1=O. The molecule has 1 aromatic heterocycles. The van der Waals surface area contributed by atoms with Crippen molar-refractivity contribution in [2.75, 3.05) is 32.8 Å². The van der Waals surface area contributed by atoms with Crippen LogP contribution in [0.3, 0.4) is 0 Å². The lowest BCUT2D eigenvalue weighted by Gasteiger charge is -2.48. The van der Waals surface area contributed by atoms with E-state index < -0.39 is 0 Å². The standard InChI is InChI=1S/C18H30N4O3/c1-20-13-15(16(23)21(2)17(20)24)12-19-14-18(6-10-25-11-7-18)22-8-4-3-5-9-22/h13,19H,3-12,14H2,1-2H3. The number of hydrogen-bond donors (Lipinski definition) is 1. The summed E-state index contributed by atoms with van der Waals surface area (Å²) in [7, 11) is 3.21. The number of nitrogens with one attached hydrogen (secondary N) is 1. The molecule has 1 aromatic rings. The predicted molar refractivity (Wildman–Crippen MR) is 96.8 cm³/mol. The van der Waals surface area contributed by atoms with Crippen LogP contribution in [0.4, 0.5) is 0 Å². The molecule has 0 amide bonds. The number of hydrogen-bond acceptors (Lipinski definition) is 5. The molecule has 140 valence electrons. The molecule has 7 heteroatoms. The van der Waals surface area contributed by atoms with Crippen molar-refractivity contribution in [2.24, 2.45) is 14.1 Å². The van der Waals surface area contributed by atoms with Gasteiger partial charge in [0.05, 0.1) is 0 Å². The van der Waals surface area contributed by atoms with Gasteiger partial charge in [-0.15, -0.1) is 0 Å². The summed E-state index contributed by atoms with van der Waals surface area (Å²) >= 11 is 0. The van der Waals surface area contributed by atoms with E-state index in [0.717, 1.165) is 45.7 Å². The fourth-order valence-electron chi connectivity index (χ4n) is 4.16. The van der Waals surface area contributed by atoms with Crippen molar-refractivity contribution >= 4 is 0 Å². The van der Waals surface area contributed by atoms with Gasteiger partial charge in [0, 0.05) is 57.7 Å². The molecule has 2 aliphatic heterocycles. The van der Waals surface area contributed by atoms with Crippen molar-refractivity contribution in [3.63, 3.8) is 0 Å². The molecule has 0 bridgehead atoms. The lowest BCUT2D eigenvalue weighted by molar-refractivity contribution is -0.0358. The first-order chi connectivity index (χ1) is 12.0. The van der Waals surface area contributed by atoms with Gasteiger partial charge in [0.2, 0.25) is 0 Å². The van der Waals surface area contributed by atoms with Crippen molar-refractivity contribution in [1.82, 2.24) is 19.4 Å². The molecular formula is C18H30N4O3. The van der Waals surface area contributed by atoms with Crippen molar-refractivity contribution in [1.29, 1.82) is 0 Å². The zero-order valence-corrected chi connectivity index (χ0v) is 15.4. The number of ether oxygens (including phenoxy) is 1. The quantitative estimate of drug-likeness (QED) is 0.822. The fourth-order valence-corrected chi connectivity index (χ4v) is 4.16. The first kappa shape index (κ1) is 18.4. The van der Waals surface area contributed by atoms with Crippen LogP contribution in [0.1, 0.15) is 37.7 Å². The maximum absolute atomic E-state index is 12.3. The van der Waals surface area contributed by atoms with Crippen molar-refractivity contribution < 1.29 is 4.74 Å². The highest BCUT2D eigenvalue weighted by molar-refractivity contribution is 5.06. The molecular weight excluding hydrogens is 320 g/mol. The van der Waals surface area contributed by atoms with E-state index in [1.165, 1.54) is 35.4 Å². The minimum absolute atomic E-state index is 0.130. The third-order valence-corrected chi connectivity index (χ3v) is 5.74. The van der Waals surface area contributed by atoms with Gasteiger partial charge in [-0.2, -0.15) is 0 Å². The largest absolute Gasteiger partial charge is 0.381 e. The highest BCUT2D eigenvalue weighted by Gasteiger charge is 2.38. The van der Waals surface area contributed by atoms with Crippen molar-refractivity contribution in [3.05, 3.63) is 32.6 Å². The maximum atomic E-state index is 12.3. The molecule has 0 spiro atoms. The van der Waals surface area contributed by atoms with Crippen LogP contribution in [-0.4, -0.2) is 52.4 Å². The molecule has 3 heterocycles. The van der Waals surface area contributed by atoms with Crippen LogP contribution in [0.5, 0.6) is 0 Å². The number of rotatable bonds is 5. The Balaban J connectivity index is 1.70. The minimum atomic E-state index is -0.289. The number of piperidine rings is 1. The lowest BCUT2D eigenvalue weighted by atomic mass is 9.86. The number of aryl methyl sites for hydroxylation is 1. The average molecular weight is 350 g/mol. The summed E-state index contributed by atoms with van der Waals surface area (Å²) in [5, 5.41) is 3.50. The Kier molecular flexibility index (Phi) is 5.76. The van der Waals surface area contributed by atoms with Crippen LogP contribution in [0.25, 0.3) is 0 Å². The molecule has 2 fully saturated rings. The summed E-state index contributed by atoms with van der Waals surface area (Å²) in [5.74, 6) is 0. The Bertz CT molecular complexity index is 697. The second-order valence-corrected chi connectivity index (χ2v) is 7.40. The molecule has 1 N–H and O–H groups in total. The molecule has 0 unspecified atom stereocenters. The summed E-state index contributed by atoms with van der Waals surface area (Å²) in [4.78, 5) is 26.7. The van der Waals surface area contributed by atoms with E-state index in [9.17, 15) is 9.59 Å². The van der Waals surface area contributed by atoms with Crippen molar-refractivity contribution in [2.45, 2.75) is 44.2 Å². The molecule has 0 aliphatic carbocycles. The summed E-state index contributed by atoms with van der Waals surface area (Å²) in [5.41, 5.74) is 0.257. The van der Waals surface area contributed by atoms with Gasteiger partial charge in [0.15, 0.2) is 0 Å². The normalized spacial score (nSPS) is 21.4. The lowest BCUT2D eigenvalue weighted by Crippen LogP contribution is -2.59. The highest BCUT2D eigenvalue weighted by atomic mass is 16.5. The molecule has 0 aromatic carbocycles. The van der Waals surface area contributed by atoms with Gasteiger partial charge in [0.1, 0.15) is 0 Å². The zero-order valence-electron chi connectivity index (χ0n) is 15.4. The van der Waals surface area contributed by atoms with E-state index in [2.05, 4.69) is 10.2 Å². The molecule has 3 rings (SSSR count). The molecule has 0 saturated carbocycles. The summed E-state index contributed by atoms with van der Waals surface area (Å²) < 4.78 is 8.24. The van der Waals surface area contributed by atoms with Gasteiger partial charge in [-0.25, -0.2) is 4.79 Å². The van der Waals surface area contributed by atoms with Gasteiger partial charge < -0.3 is 14.6 Å². The van der Waals surface area contributed by atoms with Crippen molar-refractivity contribution in [3.8, 4) is 0 Å². The van der Waals surface area contributed by atoms with E-state index in [1.54, 1.807) is 13.2 Å². The minimum Gasteiger partial charge on any atom is -0.381 e. The Morgan fingerprint density at radius 1 is 1.12 bits per heavy atom. The van der Waals surface area contributed by atoms with E-state index in [1.807, 2.05) is 0 Å². The topological polar surface area (TPSA) is 68.5 Å².